The molecule has 3 fully saturated rings. The van der Waals surface area contributed by atoms with Crippen molar-refractivity contribution in [1.82, 2.24) is 9.80 Å². The molecular weight excluding hydrogens is 350 g/mol. The predicted octanol–water partition coefficient (Wildman–Crippen LogP) is 2.79. The lowest BCUT2D eigenvalue weighted by atomic mass is 9.76. The zero-order valence-corrected chi connectivity index (χ0v) is 17.5. The largest absolute Gasteiger partial charge is 0.378 e. The van der Waals surface area contributed by atoms with Crippen molar-refractivity contribution >= 4 is 11.6 Å². The lowest BCUT2D eigenvalue weighted by Crippen LogP contribution is -2.44. The van der Waals surface area contributed by atoms with Gasteiger partial charge >= 0.3 is 0 Å². The van der Waals surface area contributed by atoms with Crippen molar-refractivity contribution in [2.75, 3.05) is 58.3 Å². The van der Waals surface area contributed by atoms with E-state index in [0.717, 1.165) is 44.6 Å². The number of carbonyl (C=O) groups excluding carboxylic acids is 1. The molecule has 3 saturated heterocycles. The topological polar surface area (TPSA) is 36.0 Å². The molecule has 5 heteroatoms. The molecule has 5 nitrogen and oxygen atoms in total. The van der Waals surface area contributed by atoms with Gasteiger partial charge in [-0.2, -0.15) is 0 Å². The molecule has 1 atom stereocenters. The maximum Gasteiger partial charge on any atom is 0.226 e. The number of hydrogen-bond donors (Lipinski definition) is 0. The predicted molar refractivity (Wildman–Crippen MR) is 113 cm³/mol. The van der Waals surface area contributed by atoms with Crippen LogP contribution >= 0.6 is 0 Å². The minimum atomic E-state index is 0.264. The Kier molecular flexibility index (Phi) is 5.93. The molecule has 4 rings (SSSR count). The zero-order chi connectivity index (χ0) is 19.6. The van der Waals surface area contributed by atoms with Crippen LogP contribution in [-0.2, 0) is 16.0 Å². The first-order chi connectivity index (χ1) is 13.5. The third kappa shape index (κ3) is 4.52. The van der Waals surface area contributed by atoms with Crippen molar-refractivity contribution in [3.8, 4) is 0 Å². The lowest BCUT2D eigenvalue weighted by Gasteiger charge is -2.38. The van der Waals surface area contributed by atoms with Crippen LogP contribution in [0.5, 0.6) is 0 Å². The highest BCUT2D eigenvalue weighted by Gasteiger charge is 2.43. The second kappa shape index (κ2) is 8.42. The maximum atomic E-state index is 12.8. The Morgan fingerprint density at radius 3 is 2.43 bits per heavy atom. The van der Waals surface area contributed by atoms with Crippen molar-refractivity contribution in [3.05, 3.63) is 29.8 Å². The summed E-state index contributed by atoms with van der Waals surface area (Å²) in [7, 11) is 4.07. The van der Waals surface area contributed by atoms with Crippen molar-refractivity contribution in [2.45, 2.75) is 44.6 Å². The van der Waals surface area contributed by atoms with Crippen LogP contribution in [-0.4, -0.2) is 75.2 Å². The summed E-state index contributed by atoms with van der Waals surface area (Å²) in [4.78, 5) is 19.5. The van der Waals surface area contributed by atoms with Crippen molar-refractivity contribution in [2.24, 2.45) is 5.41 Å². The molecule has 0 radical (unpaired) electrons. The highest BCUT2D eigenvalue weighted by Crippen LogP contribution is 2.42. The molecule has 3 aliphatic heterocycles. The lowest BCUT2D eigenvalue weighted by molar-refractivity contribution is -0.132. The van der Waals surface area contributed by atoms with Crippen molar-refractivity contribution in [1.29, 1.82) is 0 Å². The van der Waals surface area contributed by atoms with Crippen LogP contribution in [0.1, 0.15) is 37.7 Å². The van der Waals surface area contributed by atoms with Gasteiger partial charge in [0, 0.05) is 39.4 Å². The second-order valence-electron chi connectivity index (χ2n) is 9.26. The highest BCUT2D eigenvalue weighted by molar-refractivity contribution is 5.79. The molecule has 0 N–H and O–H groups in total. The minimum Gasteiger partial charge on any atom is -0.378 e. The Hall–Kier alpha value is -1.59. The summed E-state index contributed by atoms with van der Waals surface area (Å²) in [5, 5.41) is 0. The van der Waals surface area contributed by atoms with Crippen LogP contribution in [0.3, 0.4) is 0 Å². The molecular formula is C23H35N3O2. The molecule has 3 heterocycles. The first kappa shape index (κ1) is 19.7. The molecule has 0 saturated carbocycles. The van der Waals surface area contributed by atoms with Gasteiger partial charge in [-0.1, -0.05) is 12.1 Å². The van der Waals surface area contributed by atoms with Gasteiger partial charge in [0.2, 0.25) is 5.91 Å². The van der Waals surface area contributed by atoms with Crippen LogP contribution < -0.4 is 4.90 Å². The Labute approximate surface area is 169 Å². The molecule has 1 spiro atoms. The van der Waals surface area contributed by atoms with Gasteiger partial charge in [-0.3, -0.25) is 4.79 Å². The van der Waals surface area contributed by atoms with E-state index in [1.165, 1.54) is 38.0 Å². The summed E-state index contributed by atoms with van der Waals surface area (Å²) in [6.45, 7) is 6.24. The van der Waals surface area contributed by atoms with Gasteiger partial charge in [-0.15, -0.1) is 0 Å². The summed E-state index contributed by atoms with van der Waals surface area (Å²) >= 11 is 0. The monoisotopic (exact) mass is 385 g/mol. The molecule has 0 aromatic heterocycles. The summed E-state index contributed by atoms with van der Waals surface area (Å²) in [5.74, 6) is 0.264. The Morgan fingerprint density at radius 1 is 1.11 bits per heavy atom. The van der Waals surface area contributed by atoms with E-state index in [9.17, 15) is 4.79 Å². The van der Waals surface area contributed by atoms with Crippen LogP contribution in [0, 0.1) is 5.41 Å². The van der Waals surface area contributed by atoms with E-state index in [-0.39, 0.29) is 5.91 Å². The Morgan fingerprint density at radius 2 is 1.79 bits per heavy atom. The summed E-state index contributed by atoms with van der Waals surface area (Å²) in [6.07, 6.45) is 6.95. The standard InChI is InChI=1S/C23H35N3O2/c1-24(2)20-7-5-19(6-8-20)15-22(27)26-13-9-23(10-14-26)16-21(28-18-23)17-25-11-3-4-12-25/h5-8,21H,3-4,9-18H2,1-2H3/t21-/m0/s1. The van der Waals surface area contributed by atoms with Gasteiger partial charge < -0.3 is 19.4 Å². The summed E-state index contributed by atoms with van der Waals surface area (Å²) in [5.41, 5.74) is 2.58. The number of carbonyl (C=O) groups is 1. The number of nitrogens with zero attached hydrogens (tertiary/aromatic N) is 3. The quantitative estimate of drug-likeness (QED) is 0.781. The number of ether oxygens (including phenoxy) is 1. The second-order valence-corrected chi connectivity index (χ2v) is 9.26. The SMILES string of the molecule is CN(C)c1ccc(CC(=O)N2CCC3(CC2)CO[C@H](CN2CCCC2)C3)cc1. The van der Waals surface area contributed by atoms with Crippen LogP contribution in [0.15, 0.2) is 24.3 Å². The number of anilines is 1. The van der Waals surface area contributed by atoms with Gasteiger partial charge in [0.15, 0.2) is 0 Å². The summed E-state index contributed by atoms with van der Waals surface area (Å²) < 4.78 is 6.18. The molecule has 1 aromatic carbocycles. The molecule has 0 aliphatic carbocycles. The van der Waals surface area contributed by atoms with Gasteiger partial charge in [-0.05, 0) is 68.3 Å². The normalized spacial score (nSPS) is 24.8. The fraction of sp³-hybridized carbons (Fsp3) is 0.696. The third-order valence-corrected chi connectivity index (χ3v) is 6.93. The molecule has 0 bridgehead atoms. The first-order valence-electron chi connectivity index (χ1n) is 10.9. The number of benzene rings is 1. The Balaban J connectivity index is 1.25. The van der Waals surface area contributed by atoms with Crippen molar-refractivity contribution in [3.63, 3.8) is 0 Å². The van der Waals surface area contributed by atoms with E-state index < -0.39 is 0 Å². The van der Waals surface area contributed by atoms with E-state index in [1.807, 2.05) is 14.1 Å². The fourth-order valence-electron chi connectivity index (χ4n) is 5.04. The minimum absolute atomic E-state index is 0.264. The van der Waals surface area contributed by atoms with Gasteiger partial charge in [0.25, 0.3) is 0 Å². The molecule has 0 unspecified atom stereocenters. The highest BCUT2D eigenvalue weighted by atomic mass is 16.5. The van der Waals surface area contributed by atoms with Gasteiger partial charge in [0.05, 0.1) is 19.1 Å². The van der Waals surface area contributed by atoms with E-state index in [2.05, 4.69) is 39.0 Å². The Bertz CT molecular complexity index is 659. The van der Waals surface area contributed by atoms with Crippen LogP contribution in [0.25, 0.3) is 0 Å². The third-order valence-electron chi connectivity index (χ3n) is 6.93. The van der Waals surface area contributed by atoms with E-state index in [4.69, 9.17) is 4.74 Å². The number of rotatable bonds is 5. The number of hydrogen-bond acceptors (Lipinski definition) is 4. The molecule has 154 valence electrons. The van der Waals surface area contributed by atoms with Gasteiger partial charge in [0.1, 0.15) is 0 Å². The first-order valence-corrected chi connectivity index (χ1v) is 10.9. The zero-order valence-electron chi connectivity index (χ0n) is 17.5. The van der Waals surface area contributed by atoms with E-state index in [0.29, 0.717) is 17.9 Å². The van der Waals surface area contributed by atoms with Crippen LogP contribution in [0.4, 0.5) is 5.69 Å². The number of likely N-dealkylation sites (tertiary alicyclic amines) is 2. The van der Waals surface area contributed by atoms with Crippen molar-refractivity contribution < 1.29 is 9.53 Å². The maximum absolute atomic E-state index is 12.8. The average molecular weight is 386 g/mol. The van der Waals surface area contributed by atoms with Gasteiger partial charge in [-0.25, -0.2) is 0 Å². The molecule has 1 amide bonds. The molecule has 3 aliphatic rings. The number of amides is 1. The number of piperidine rings is 1. The molecule has 28 heavy (non-hydrogen) atoms. The van der Waals surface area contributed by atoms with E-state index in [1.54, 1.807) is 0 Å². The van der Waals surface area contributed by atoms with Crippen LogP contribution in [0.2, 0.25) is 0 Å². The fourth-order valence-corrected chi connectivity index (χ4v) is 5.04. The van der Waals surface area contributed by atoms with E-state index >= 15 is 0 Å². The summed E-state index contributed by atoms with van der Waals surface area (Å²) in [6, 6.07) is 8.33. The molecule has 1 aromatic rings. The smallest absolute Gasteiger partial charge is 0.226 e. The average Bonchev–Trinajstić information content (AvgIpc) is 3.33.